The summed E-state index contributed by atoms with van der Waals surface area (Å²) in [5, 5.41) is 8.92. The minimum atomic E-state index is -0.796. The highest BCUT2D eigenvalue weighted by Crippen LogP contribution is 2.28. The molecule has 0 radical (unpaired) electrons. The van der Waals surface area contributed by atoms with Gasteiger partial charge in [0.15, 0.2) is 0 Å². The van der Waals surface area contributed by atoms with Crippen LogP contribution in [0.1, 0.15) is 25.5 Å². The molecule has 1 rings (SSSR count). The van der Waals surface area contributed by atoms with Crippen molar-refractivity contribution in [1.29, 1.82) is 0 Å². The van der Waals surface area contributed by atoms with E-state index in [0.717, 1.165) is 13.1 Å². The highest BCUT2D eigenvalue weighted by atomic mass is 16.4. The van der Waals surface area contributed by atoms with Gasteiger partial charge in [-0.3, -0.25) is 14.6 Å². The maximum Gasteiger partial charge on any atom is 0.317 e. The Morgan fingerprint density at radius 3 is 2.48 bits per heavy atom. The monoisotopic (exact) mass is 342 g/mol. The van der Waals surface area contributed by atoms with Crippen LogP contribution < -0.4 is 0 Å². The lowest BCUT2D eigenvalue weighted by atomic mass is 9.97. The van der Waals surface area contributed by atoms with Crippen molar-refractivity contribution >= 4 is 5.97 Å². The quantitative estimate of drug-likeness (QED) is 0.622. The van der Waals surface area contributed by atoms with Gasteiger partial charge >= 0.3 is 5.97 Å². The third kappa shape index (κ3) is 7.50. The fourth-order valence-corrected chi connectivity index (χ4v) is 2.85. The van der Waals surface area contributed by atoms with E-state index in [1.165, 1.54) is 11.1 Å². The van der Waals surface area contributed by atoms with Gasteiger partial charge in [-0.05, 0) is 26.1 Å². The van der Waals surface area contributed by atoms with Crippen LogP contribution in [0, 0.1) is 0 Å². The first-order valence-corrected chi connectivity index (χ1v) is 8.64. The number of carboxylic acid groups (broad SMARTS) is 1. The first-order valence-electron chi connectivity index (χ1n) is 8.64. The molecule has 0 aliphatic rings. The predicted molar refractivity (Wildman–Crippen MR) is 105 cm³/mol. The van der Waals surface area contributed by atoms with E-state index in [4.69, 9.17) is 5.11 Å². The summed E-state index contributed by atoms with van der Waals surface area (Å²) < 4.78 is 0. The molecule has 0 saturated carbocycles. The highest BCUT2D eigenvalue weighted by molar-refractivity contribution is 5.68. The summed E-state index contributed by atoms with van der Waals surface area (Å²) in [4.78, 5) is 15.1. The SMILES string of the molecule is C=C/C=C\C=C(/C)C(c1ccccc1)N(CC)CCN(C)CC(=O)O. The zero-order valence-electron chi connectivity index (χ0n) is 15.6. The number of allylic oxidation sites excluding steroid dienone is 4. The first kappa shape index (κ1) is 20.9. The molecule has 1 N–H and O–H groups in total. The third-order valence-corrected chi connectivity index (χ3v) is 4.10. The first-order chi connectivity index (χ1) is 12.0. The van der Waals surface area contributed by atoms with Gasteiger partial charge in [0.2, 0.25) is 0 Å². The second-order valence-electron chi connectivity index (χ2n) is 6.10. The molecule has 0 fully saturated rings. The van der Waals surface area contributed by atoms with Crippen LogP contribution in [0.15, 0.2) is 66.8 Å². The number of benzene rings is 1. The van der Waals surface area contributed by atoms with Crippen LogP contribution >= 0.6 is 0 Å². The van der Waals surface area contributed by atoms with Crippen molar-refractivity contribution < 1.29 is 9.90 Å². The Hall–Kier alpha value is -2.17. The minimum absolute atomic E-state index is 0.0600. The second-order valence-corrected chi connectivity index (χ2v) is 6.10. The molecular weight excluding hydrogens is 312 g/mol. The summed E-state index contributed by atoms with van der Waals surface area (Å²) in [5.41, 5.74) is 2.48. The number of nitrogens with zero attached hydrogens (tertiary/aromatic N) is 2. The molecule has 25 heavy (non-hydrogen) atoms. The van der Waals surface area contributed by atoms with Gasteiger partial charge in [0, 0.05) is 13.1 Å². The van der Waals surface area contributed by atoms with Crippen LogP contribution in [-0.4, -0.2) is 54.1 Å². The number of carbonyl (C=O) groups is 1. The van der Waals surface area contributed by atoms with Crippen molar-refractivity contribution in [3.05, 3.63) is 72.4 Å². The van der Waals surface area contributed by atoms with E-state index in [-0.39, 0.29) is 12.6 Å². The van der Waals surface area contributed by atoms with Crippen LogP contribution in [0.25, 0.3) is 0 Å². The minimum Gasteiger partial charge on any atom is -0.480 e. The molecule has 0 aliphatic heterocycles. The van der Waals surface area contributed by atoms with Crippen molar-refractivity contribution in [1.82, 2.24) is 9.80 Å². The number of hydrogen-bond donors (Lipinski definition) is 1. The number of rotatable bonds is 11. The summed E-state index contributed by atoms with van der Waals surface area (Å²) in [6, 6.07) is 10.6. The van der Waals surface area contributed by atoms with Crippen LogP contribution in [0.2, 0.25) is 0 Å². The molecule has 4 nitrogen and oxygen atoms in total. The smallest absolute Gasteiger partial charge is 0.317 e. The fourth-order valence-electron chi connectivity index (χ4n) is 2.85. The molecule has 0 bridgehead atoms. The molecule has 0 spiro atoms. The van der Waals surface area contributed by atoms with E-state index in [0.29, 0.717) is 6.54 Å². The lowest BCUT2D eigenvalue weighted by Gasteiger charge is -2.33. The zero-order chi connectivity index (χ0) is 18.7. The van der Waals surface area contributed by atoms with E-state index < -0.39 is 5.97 Å². The molecule has 0 amide bonds. The molecule has 136 valence electrons. The Morgan fingerprint density at radius 1 is 1.24 bits per heavy atom. The average molecular weight is 342 g/mol. The maximum atomic E-state index is 10.9. The summed E-state index contributed by atoms with van der Waals surface area (Å²) in [7, 11) is 1.84. The van der Waals surface area contributed by atoms with E-state index in [2.05, 4.69) is 55.7 Å². The summed E-state index contributed by atoms with van der Waals surface area (Å²) in [6.45, 7) is 10.4. The highest BCUT2D eigenvalue weighted by Gasteiger charge is 2.21. The topological polar surface area (TPSA) is 43.8 Å². The van der Waals surface area contributed by atoms with Gasteiger partial charge < -0.3 is 5.11 Å². The summed E-state index contributed by atoms with van der Waals surface area (Å²) in [6.07, 6.45) is 7.80. The molecule has 1 aromatic carbocycles. The van der Waals surface area contributed by atoms with E-state index >= 15 is 0 Å². The Balaban J connectivity index is 2.99. The summed E-state index contributed by atoms with van der Waals surface area (Å²) >= 11 is 0. The van der Waals surface area contributed by atoms with Crippen LogP contribution in [0.5, 0.6) is 0 Å². The summed E-state index contributed by atoms with van der Waals surface area (Å²) in [5.74, 6) is -0.796. The molecule has 0 aromatic heterocycles. The molecular formula is C21H30N2O2. The Morgan fingerprint density at radius 2 is 1.92 bits per heavy atom. The standard InChI is InChI=1S/C21H30N2O2/c1-5-7-9-12-18(3)21(19-13-10-8-11-14-19)23(6-2)16-15-22(4)17-20(24)25/h5,7-14,21H,1,6,15-17H2,2-4H3,(H,24,25)/b9-7-,18-12+. The van der Waals surface area contributed by atoms with Gasteiger partial charge in [0.1, 0.15) is 0 Å². The zero-order valence-corrected chi connectivity index (χ0v) is 15.6. The Labute approximate surface area is 151 Å². The molecule has 1 atom stereocenters. The molecule has 0 heterocycles. The van der Waals surface area contributed by atoms with Gasteiger partial charge in [0.05, 0.1) is 12.6 Å². The van der Waals surface area contributed by atoms with E-state index in [1.807, 2.05) is 30.2 Å². The molecule has 4 heteroatoms. The molecule has 1 aromatic rings. The van der Waals surface area contributed by atoms with Gasteiger partial charge in [-0.1, -0.05) is 73.7 Å². The predicted octanol–water partition coefficient (Wildman–Crippen LogP) is 3.75. The van der Waals surface area contributed by atoms with Crippen molar-refractivity contribution in [2.45, 2.75) is 19.9 Å². The average Bonchev–Trinajstić information content (AvgIpc) is 2.58. The van der Waals surface area contributed by atoms with Gasteiger partial charge in [-0.15, -0.1) is 0 Å². The van der Waals surface area contributed by atoms with Crippen molar-refractivity contribution in [3.8, 4) is 0 Å². The Bertz CT molecular complexity index is 593. The third-order valence-electron chi connectivity index (χ3n) is 4.10. The molecule has 1 unspecified atom stereocenters. The van der Waals surface area contributed by atoms with Crippen LogP contribution in [-0.2, 0) is 4.79 Å². The number of carboxylic acids is 1. The number of aliphatic carboxylic acids is 1. The van der Waals surface area contributed by atoms with Gasteiger partial charge in [-0.25, -0.2) is 0 Å². The number of hydrogen-bond acceptors (Lipinski definition) is 3. The van der Waals surface area contributed by atoms with Gasteiger partial charge in [0.25, 0.3) is 0 Å². The number of likely N-dealkylation sites (N-methyl/N-ethyl adjacent to an activating group) is 2. The molecule has 0 aliphatic carbocycles. The van der Waals surface area contributed by atoms with Crippen LogP contribution in [0.3, 0.4) is 0 Å². The fraction of sp³-hybridized carbons (Fsp3) is 0.381. The Kier molecular flexibility index (Phi) is 9.51. The van der Waals surface area contributed by atoms with Crippen molar-refractivity contribution in [3.63, 3.8) is 0 Å². The van der Waals surface area contributed by atoms with Crippen molar-refractivity contribution in [2.24, 2.45) is 0 Å². The maximum absolute atomic E-state index is 10.9. The van der Waals surface area contributed by atoms with Gasteiger partial charge in [-0.2, -0.15) is 0 Å². The lowest BCUT2D eigenvalue weighted by Crippen LogP contribution is -2.38. The molecule has 0 saturated heterocycles. The van der Waals surface area contributed by atoms with Crippen LogP contribution in [0.4, 0.5) is 0 Å². The second kappa shape index (κ2) is 11.4. The lowest BCUT2D eigenvalue weighted by molar-refractivity contribution is -0.138. The van der Waals surface area contributed by atoms with E-state index in [1.54, 1.807) is 6.08 Å². The van der Waals surface area contributed by atoms with E-state index in [9.17, 15) is 4.79 Å². The van der Waals surface area contributed by atoms with Crippen molar-refractivity contribution in [2.75, 3.05) is 33.2 Å². The normalized spacial score (nSPS) is 13.6. The largest absolute Gasteiger partial charge is 0.480 e.